The van der Waals surface area contributed by atoms with Crippen molar-refractivity contribution in [3.05, 3.63) is 64.4 Å². The molecule has 3 fully saturated rings. The molecule has 0 aromatic heterocycles. The highest BCUT2D eigenvalue weighted by molar-refractivity contribution is 7.89. The number of amides is 2. The number of alkyl carbamates (subject to hydrolysis) is 1. The summed E-state index contributed by atoms with van der Waals surface area (Å²) in [6.07, 6.45) is -6.10. The fourth-order valence-corrected chi connectivity index (χ4v) is 8.87. The number of ether oxygens (including phenoxy) is 2. The summed E-state index contributed by atoms with van der Waals surface area (Å²) in [7, 11) is -2.37. The van der Waals surface area contributed by atoms with Crippen molar-refractivity contribution in [1.82, 2.24) is 14.9 Å². The van der Waals surface area contributed by atoms with Crippen LogP contribution in [0.25, 0.3) is 0 Å². The summed E-state index contributed by atoms with van der Waals surface area (Å²) in [6.45, 7) is 0.410. The first kappa shape index (κ1) is 36.3. The van der Waals surface area contributed by atoms with E-state index in [0.717, 1.165) is 13.5 Å². The number of carbonyl (C=O) groups excluding carboxylic acids is 2. The first-order chi connectivity index (χ1) is 22.8. The third kappa shape index (κ3) is 8.59. The molecule has 0 spiro atoms. The van der Waals surface area contributed by atoms with E-state index in [2.05, 4.69) is 16.0 Å². The number of halogens is 5. The van der Waals surface area contributed by atoms with Crippen molar-refractivity contribution in [3.63, 3.8) is 0 Å². The van der Waals surface area contributed by atoms with Gasteiger partial charge in [-0.05, 0) is 74.3 Å². The van der Waals surface area contributed by atoms with E-state index in [-0.39, 0.29) is 55.3 Å². The highest BCUT2D eigenvalue weighted by Crippen LogP contribution is 2.40. The minimum atomic E-state index is -4.55. The molecule has 7 unspecified atom stereocenters. The van der Waals surface area contributed by atoms with Crippen LogP contribution in [-0.2, 0) is 30.7 Å². The molecule has 5 rings (SSSR count). The average molecular weight is 719 g/mol. The lowest BCUT2D eigenvalue weighted by atomic mass is 9.76. The zero-order valence-corrected chi connectivity index (χ0v) is 27.8. The zero-order valence-electron chi connectivity index (χ0n) is 26.3. The number of piperazine rings is 1. The van der Waals surface area contributed by atoms with Gasteiger partial charge in [0.2, 0.25) is 15.9 Å². The van der Waals surface area contributed by atoms with E-state index in [1.54, 1.807) is 24.3 Å². The van der Waals surface area contributed by atoms with Crippen LogP contribution in [0, 0.1) is 11.7 Å². The average Bonchev–Trinajstić information content (AvgIpc) is 3.16. The summed E-state index contributed by atoms with van der Waals surface area (Å²) in [5, 5.41) is 9.04. The van der Waals surface area contributed by atoms with Crippen molar-refractivity contribution < 1.29 is 45.0 Å². The normalized spacial score (nSPS) is 26.8. The Morgan fingerprint density at radius 1 is 1.15 bits per heavy atom. The van der Waals surface area contributed by atoms with Crippen LogP contribution < -0.4 is 16.0 Å². The third-order valence-electron chi connectivity index (χ3n) is 9.41. The van der Waals surface area contributed by atoms with Gasteiger partial charge in [0, 0.05) is 47.4 Å². The number of methoxy groups -OCH3 is 1. The summed E-state index contributed by atoms with van der Waals surface area (Å²) in [5.41, 5.74) is 0.772. The topological polar surface area (TPSA) is 126 Å². The smallest absolute Gasteiger partial charge is 0.414 e. The number of alkyl halides is 3. The van der Waals surface area contributed by atoms with Crippen molar-refractivity contribution in [1.29, 1.82) is 0 Å². The van der Waals surface area contributed by atoms with Crippen molar-refractivity contribution in [2.75, 3.05) is 37.9 Å². The van der Waals surface area contributed by atoms with E-state index >= 15 is 4.39 Å². The van der Waals surface area contributed by atoms with Gasteiger partial charge in [-0.2, -0.15) is 17.5 Å². The zero-order chi connectivity index (χ0) is 34.6. The van der Waals surface area contributed by atoms with E-state index in [1.165, 1.54) is 22.5 Å². The molecular weight excluding hydrogens is 680 g/mol. The standard InChI is InChI=1S/C32H39ClF4N4O6S/c1-46-31(43)40-29(28(19-7-10-21(33)11-8-19)20-9-14-27(47-18-20)32(35,36)37)30(42)39-26-6-2-5-25(34)24(26)13-12-23-16-38-22-4-3-15-48(44,45)41(23)17-22/h2,5-8,10-11,20,22-23,27-29,38H,3-4,9,12-18H2,1H3,(H,39,42)(H,40,43). The van der Waals surface area contributed by atoms with Gasteiger partial charge < -0.3 is 25.4 Å². The SMILES string of the molecule is COC(=O)NC(C(=O)Nc1cccc(F)c1CCC1CNC2CCCS(=O)(=O)N1C2)C(c1ccc(Cl)cc1)C1CCC(C(F)(F)F)OC1. The Labute approximate surface area is 281 Å². The molecule has 264 valence electrons. The number of sulfonamides is 1. The van der Waals surface area contributed by atoms with E-state index in [9.17, 15) is 31.2 Å². The minimum Gasteiger partial charge on any atom is -0.453 e. The summed E-state index contributed by atoms with van der Waals surface area (Å²) >= 11 is 6.10. The van der Waals surface area contributed by atoms with Gasteiger partial charge in [0.25, 0.3) is 0 Å². The van der Waals surface area contributed by atoms with Crippen molar-refractivity contribution in [2.24, 2.45) is 5.92 Å². The molecule has 3 N–H and O–H groups in total. The molecule has 2 amide bonds. The minimum absolute atomic E-state index is 0.0327. The van der Waals surface area contributed by atoms with Gasteiger partial charge in [0.1, 0.15) is 11.9 Å². The number of nitrogens with one attached hydrogen (secondary N) is 3. The van der Waals surface area contributed by atoms with Gasteiger partial charge in [0.15, 0.2) is 6.10 Å². The summed E-state index contributed by atoms with van der Waals surface area (Å²) in [6, 6.07) is 8.78. The van der Waals surface area contributed by atoms with Crippen LogP contribution in [0.15, 0.2) is 42.5 Å². The van der Waals surface area contributed by atoms with Gasteiger partial charge >= 0.3 is 12.3 Å². The highest BCUT2D eigenvalue weighted by Gasteiger charge is 2.46. The molecule has 2 bridgehead atoms. The van der Waals surface area contributed by atoms with E-state index in [0.29, 0.717) is 30.1 Å². The molecule has 48 heavy (non-hydrogen) atoms. The Morgan fingerprint density at radius 2 is 1.90 bits per heavy atom. The lowest BCUT2D eigenvalue weighted by molar-refractivity contribution is -0.236. The van der Waals surface area contributed by atoms with Gasteiger partial charge in [-0.15, -0.1) is 0 Å². The van der Waals surface area contributed by atoms with Crippen LogP contribution in [0.1, 0.15) is 49.1 Å². The van der Waals surface area contributed by atoms with Crippen LogP contribution >= 0.6 is 11.6 Å². The lowest BCUT2D eigenvalue weighted by Gasteiger charge is -2.38. The summed E-state index contributed by atoms with van der Waals surface area (Å²) in [5.74, 6) is -2.85. The first-order valence-corrected chi connectivity index (χ1v) is 17.8. The number of nitrogens with zero attached hydrogens (tertiary/aromatic N) is 1. The summed E-state index contributed by atoms with van der Waals surface area (Å²) in [4.78, 5) is 26.7. The lowest BCUT2D eigenvalue weighted by Crippen LogP contribution is -2.57. The molecule has 2 aromatic rings. The van der Waals surface area contributed by atoms with Crippen molar-refractivity contribution >= 4 is 39.3 Å². The van der Waals surface area contributed by atoms with Crippen LogP contribution in [0.3, 0.4) is 0 Å². The van der Waals surface area contributed by atoms with Gasteiger partial charge in [-0.3, -0.25) is 4.79 Å². The summed E-state index contributed by atoms with van der Waals surface area (Å²) < 4.78 is 93.0. The van der Waals surface area contributed by atoms with Crippen LogP contribution in [0.4, 0.5) is 28.0 Å². The van der Waals surface area contributed by atoms with E-state index in [1.807, 2.05) is 0 Å². The molecule has 3 aliphatic rings. The molecule has 7 atom stereocenters. The molecule has 3 saturated heterocycles. The van der Waals surface area contributed by atoms with Crippen molar-refractivity contribution in [2.45, 2.75) is 74.8 Å². The Hall–Kier alpha value is -2.98. The predicted octanol–water partition coefficient (Wildman–Crippen LogP) is 4.98. The second-order valence-electron chi connectivity index (χ2n) is 12.5. The molecule has 0 aliphatic carbocycles. The van der Waals surface area contributed by atoms with Crippen LogP contribution in [0.5, 0.6) is 0 Å². The second-order valence-corrected chi connectivity index (χ2v) is 15.0. The molecule has 0 radical (unpaired) electrons. The number of benzene rings is 2. The molecule has 3 aliphatic heterocycles. The van der Waals surface area contributed by atoms with Crippen molar-refractivity contribution in [3.8, 4) is 0 Å². The molecule has 2 aromatic carbocycles. The van der Waals surface area contributed by atoms with Crippen LogP contribution in [0.2, 0.25) is 5.02 Å². The Bertz CT molecular complexity index is 1560. The number of anilines is 1. The number of hydrogen-bond donors (Lipinski definition) is 3. The Balaban J connectivity index is 1.41. The predicted molar refractivity (Wildman–Crippen MR) is 171 cm³/mol. The molecular formula is C32H39ClF4N4O6S. The number of hydrogen-bond acceptors (Lipinski definition) is 7. The number of fused-ring (bicyclic) bond motifs is 2. The molecule has 0 saturated carbocycles. The Kier molecular flexibility index (Phi) is 11.6. The van der Waals surface area contributed by atoms with Crippen LogP contribution in [-0.4, -0.2) is 87.7 Å². The third-order valence-corrected chi connectivity index (χ3v) is 11.6. The monoisotopic (exact) mass is 718 g/mol. The number of rotatable bonds is 9. The largest absolute Gasteiger partial charge is 0.453 e. The maximum absolute atomic E-state index is 15.4. The van der Waals surface area contributed by atoms with Gasteiger partial charge in [0.05, 0.1) is 19.5 Å². The quantitative estimate of drug-likeness (QED) is 0.313. The molecule has 16 heteroatoms. The van der Waals surface area contributed by atoms with E-state index < -0.39 is 64.0 Å². The van der Waals surface area contributed by atoms with Gasteiger partial charge in [-0.1, -0.05) is 29.8 Å². The molecule has 10 nitrogen and oxygen atoms in total. The second kappa shape index (κ2) is 15.3. The Morgan fingerprint density at radius 3 is 2.56 bits per heavy atom. The fourth-order valence-electron chi connectivity index (χ4n) is 6.94. The fraction of sp³-hybridized carbons (Fsp3) is 0.562. The highest BCUT2D eigenvalue weighted by atomic mass is 35.5. The maximum Gasteiger partial charge on any atom is 0.414 e. The molecule has 3 heterocycles. The van der Waals surface area contributed by atoms with E-state index in [4.69, 9.17) is 21.1 Å². The van der Waals surface area contributed by atoms with Gasteiger partial charge in [-0.25, -0.2) is 17.6 Å². The number of carbonyl (C=O) groups is 2. The maximum atomic E-state index is 15.4. The first-order valence-electron chi connectivity index (χ1n) is 15.9.